The second-order valence-electron chi connectivity index (χ2n) is 5.27. The van der Waals surface area contributed by atoms with Gasteiger partial charge in [0.05, 0.1) is 25.5 Å². The van der Waals surface area contributed by atoms with Crippen LogP contribution >= 0.6 is 0 Å². The molecule has 2 aliphatic rings. The standard InChI is InChI=1S/C17H21NO4/c1-10(2)6-7-12-15(21-4)11-8-9-13(20-3)16(22-5)14(11)18-17(12)19/h6,8-9,16H,7H2,1-5H3. The highest BCUT2D eigenvalue weighted by Gasteiger charge is 2.35. The van der Waals surface area contributed by atoms with Crippen LogP contribution in [0.25, 0.3) is 0 Å². The number of carbonyl (C=O) groups excluding carboxylic acids is 1. The van der Waals surface area contributed by atoms with E-state index in [2.05, 4.69) is 4.99 Å². The van der Waals surface area contributed by atoms with Gasteiger partial charge in [-0.3, -0.25) is 4.79 Å². The van der Waals surface area contributed by atoms with E-state index >= 15 is 0 Å². The predicted molar refractivity (Wildman–Crippen MR) is 84.5 cm³/mol. The molecule has 0 spiro atoms. The monoisotopic (exact) mass is 303 g/mol. The quantitative estimate of drug-likeness (QED) is 0.733. The first-order chi connectivity index (χ1) is 10.5. The lowest BCUT2D eigenvalue weighted by Gasteiger charge is -2.28. The minimum absolute atomic E-state index is 0.291. The number of methoxy groups -OCH3 is 3. The van der Waals surface area contributed by atoms with Gasteiger partial charge in [-0.1, -0.05) is 11.6 Å². The summed E-state index contributed by atoms with van der Waals surface area (Å²) in [5, 5.41) is 0. The number of amides is 1. The normalized spacial score (nSPS) is 20.7. The highest BCUT2D eigenvalue weighted by atomic mass is 16.5. The Labute approximate surface area is 130 Å². The number of nitrogens with zero attached hydrogens (tertiary/aromatic N) is 1. The van der Waals surface area contributed by atoms with Gasteiger partial charge in [-0.25, -0.2) is 4.99 Å². The van der Waals surface area contributed by atoms with E-state index in [4.69, 9.17) is 14.2 Å². The van der Waals surface area contributed by atoms with E-state index in [0.717, 1.165) is 11.1 Å². The molecule has 1 heterocycles. The zero-order valence-electron chi connectivity index (χ0n) is 13.6. The van der Waals surface area contributed by atoms with Gasteiger partial charge in [-0.2, -0.15) is 0 Å². The molecular weight excluding hydrogens is 282 g/mol. The molecule has 1 unspecified atom stereocenters. The third-order valence-corrected chi connectivity index (χ3v) is 3.59. The van der Waals surface area contributed by atoms with Crippen LogP contribution in [0.4, 0.5) is 0 Å². The van der Waals surface area contributed by atoms with Crippen molar-refractivity contribution in [3.63, 3.8) is 0 Å². The highest BCUT2D eigenvalue weighted by Crippen LogP contribution is 2.32. The van der Waals surface area contributed by atoms with Crippen molar-refractivity contribution in [1.29, 1.82) is 0 Å². The molecule has 0 fully saturated rings. The summed E-state index contributed by atoms with van der Waals surface area (Å²) in [4.78, 5) is 16.6. The van der Waals surface area contributed by atoms with Crippen molar-refractivity contribution in [2.75, 3.05) is 21.3 Å². The first-order valence-electron chi connectivity index (χ1n) is 7.06. The third-order valence-electron chi connectivity index (χ3n) is 3.59. The van der Waals surface area contributed by atoms with Crippen molar-refractivity contribution in [1.82, 2.24) is 0 Å². The van der Waals surface area contributed by atoms with Crippen molar-refractivity contribution in [2.24, 2.45) is 4.99 Å². The fourth-order valence-electron chi connectivity index (χ4n) is 2.48. The molecule has 118 valence electrons. The van der Waals surface area contributed by atoms with Gasteiger partial charge in [0.2, 0.25) is 0 Å². The van der Waals surface area contributed by atoms with Gasteiger partial charge in [0.1, 0.15) is 11.5 Å². The maximum atomic E-state index is 12.4. The molecule has 2 rings (SSSR count). The van der Waals surface area contributed by atoms with Gasteiger partial charge >= 0.3 is 0 Å². The number of ether oxygens (including phenoxy) is 3. The summed E-state index contributed by atoms with van der Waals surface area (Å²) in [7, 11) is 4.68. The Hall–Kier alpha value is -2.14. The molecule has 1 aliphatic heterocycles. The molecule has 0 radical (unpaired) electrons. The Morgan fingerprint density at radius 3 is 2.50 bits per heavy atom. The molecule has 0 saturated carbocycles. The average molecular weight is 303 g/mol. The Balaban J connectivity index is 2.51. The van der Waals surface area contributed by atoms with E-state index in [1.54, 1.807) is 21.3 Å². The first kappa shape index (κ1) is 16.2. The average Bonchev–Trinajstić information content (AvgIpc) is 2.50. The minimum Gasteiger partial charge on any atom is -0.498 e. The third kappa shape index (κ3) is 2.90. The largest absolute Gasteiger partial charge is 0.498 e. The molecule has 0 bridgehead atoms. The van der Waals surface area contributed by atoms with Crippen LogP contribution in [-0.4, -0.2) is 39.1 Å². The Bertz CT molecular complexity index is 631. The van der Waals surface area contributed by atoms with E-state index in [1.807, 2.05) is 32.1 Å². The zero-order chi connectivity index (χ0) is 16.3. The van der Waals surface area contributed by atoms with Crippen LogP contribution in [0.15, 0.2) is 51.5 Å². The molecule has 0 saturated heterocycles. The number of hydrogen-bond donors (Lipinski definition) is 0. The number of allylic oxidation sites excluding steroid dienone is 5. The van der Waals surface area contributed by atoms with Crippen LogP contribution in [0.1, 0.15) is 20.3 Å². The van der Waals surface area contributed by atoms with E-state index in [9.17, 15) is 4.79 Å². The Morgan fingerprint density at radius 2 is 1.95 bits per heavy atom. The summed E-state index contributed by atoms with van der Waals surface area (Å²) in [6.07, 6.45) is 5.65. The molecule has 22 heavy (non-hydrogen) atoms. The predicted octanol–water partition coefficient (Wildman–Crippen LogP) is 2.71. The molecule has 0 N–H and O–H groups in total. The molecule has 5 nitrogen and oxygen atoms in total. The summed E-state index contributed by atoms with van der Waals surface area (Å²) in [6.45, 7) is 3.98. The van der Waals surface area contributed by atoms with Gasteiger partial charge < -0.3 is 14.2 Å². The summed E-state index contributed by atoms with van der Waals surface area (Å²) in [6, 6.07) is 0. The number of rotatable bonds is 5. The van der Waals surface area contributed by atoms with Gasteiger partial charge in [0.15, 0.2) is 6.10 Å². The fourth-order valence-corrected chi connectivity index (χ4v) is 2.48. The zero-order valence-corrected chi connectivity index (χ0v) is 13.6. The van der Waals surface area contributed by atoms with Crippen molar-refractivity contribution in [3.8, 4) is 0 Å². The van der Waals surface area contributed by atoms with Crippen molar-refractivity contribution in [2.45, 2.75) is 26.4 Å². The Kier molecular flexibility index (Phi) is 4.98. The molecular formula is C17H21NO4. The molecule has 0 aromatic carbocycles. The molecule has 1 atom stereocenters. The van der Waals surface area contributed by atoms with Gasteiger partial charge in [0, 0.05) is 12.7 Å². The molecule has 1 aliphatic carbocycles. The number of aliphatic imine (C=N–C) groups is 1. The number of carbonyl (C=O) groups is 1. The van der Waals surface area contributed by atoms with Gasteiger partial charge in [0.25, 0.3) is 5.91 Å². The van der Waals surface area contributed by atoms with Crippen LogP contribution in [0.5, 0.6) is 0 Å². The number of dihydropyridines is 1. The van der Waals surface area contributed by atoms with Crippen molar-refractivity contribution >= 4 is 11.6 Å². The van der Waals surface area contributed by atoms with E-state index in [0.29, 0.717) is 29.2 Å². The van der Waals surface area contributed by atoms with Crippen molar-refractivity contribution in [3.05, 3.63) is 46.5 Å². The molecule has 0 aromatic heterocycles. The van der Waals surface area contributed by atoms with Crippen LogP contribution in [0.2, 0.25) is 0 Å². The van der Waals surface area contributed by atoms with Crippen LogP contribution in [0, 0.1) is 0 Å². The lowest BCUT2D eigenvalue weighted by molar-refractivity contribution is -0.114. The SMILES string of the molecule is COC1=CC=C2C(=NC(=O)C(CC=C(C)C)=C2OC)C1OC. The minimum atomic E-state index is -0.496. The molecule has 1 amide bonds. The maximum Gasteiger partial charge on any atom is 0.277 e. The van der Waals surface area contributed by atoms with E-state index in [1.165, 1.54) is 0 Å². The van der Waals surface area contributed by atoms with Crippen LogP contribution in [-0.2, 0) is 19.0 Å². The van der Waals surface area contributed by atoms with Crippen LogP contribution in [0.3, 0.4) is 0 Å². The van der Waals surface area contributed by atoms with Gasteiger partial charge in [-0.05, 0) is 32.4 Å². The van der Waals surface area contributed by atoms with Gasteiger partial charge in [-0.15, -0.1) is 0 Å². The molecule has 5 heteroatoms. The maximum absolute atomic E-state index is 12.4. The van der Waals surface area contributed by atoms with E-state index < -0.39 is 6.10 Å². The second-order valence-corrected chi connectivity index (χ2v) is 5.27. The summed E-state index contributed by atoms with van der Waals surface area (Å²) in [5.41, 5.74) is 3.00. The Morgan fingerprint density at radius 1 is 1.23 bits per heavy atom. The summed E-state index contributed by atoms with van der Waals surface area (Å²) in [5.74, 6) is 0.878. The highest BCUT2D eigenvalue weighted by molar-refractivity contribution is 6.19. The lowest BCUT2D eigenvalue weighted by atomic mass is 9.90. The fraction of sp³-hybridized carbons (Fsp3) is 0.412. The van der Waals surface area contributed by atoms with E-state index in [-0.39, 0.29) is 5.91 Å². The smallest absolute Gasteiger partial charge is 0.277 e. The van der Waals surface area contributed by atoms with Crippen molar-refractivity contribution < 1.29 is 19.0 Å². The summed E-state index contributed by atoms with van der Waals surface area (Å²) < 4.78 is 16.2. The second kappa shape index (κ2) is 6.75. The number of fused-ring (bicyclic) bond motifs is 1. The first-order valence-corrected chi connectivity index (χ1v) is 7.06. The topological polar surface area (TPSA) is 57.1 Å². The molecule has 0 aromatic rings. The number of hydrogen-bond acceptors (Lipinski definition) is 4. The summed E-state index contributed by atoms with van der Waals surface area (Å²) >= 11 is 0. The lowest BCUT2D eigenvalue weighted by Crippen LogP contribution is -2.34. The van der Waals surface area contributed by atoms with Crippen LogP contribution < -0.4 is 0 Å².